The molecule has 1 aromatic heterocycles. The smallest absolute Gasteiger partial charge is 0.358 e. The van der Waals surface area contributed by atoms with Crippen LogP contribution in [0.25, 0.3) is 5.57 Å². The number of non-ortho nitro benzene ring substituents is 1. The van der Waals surface area contributed by atoms with E-state index in [4.69, 9.17) is 0 Å². The molecule has 0 spiro atoms. The van der Waals surface area contributed by atoms with Gasteiger partial charge in [0, 0.05) is 18.1 Å². The molecule has 1 aliphatic rings. The Balaban J connectivity index is 1.82. The van der Waals surface area contributed by atoms with Gasteiger partial charge in [-0.3, -0.25) is 19.5 Å². The number of aromatic nitrogens is 2. The van der Waals surface area contributed by atoms with E-state index < -0.39 is 21.8 Å². The molecule has 0 saturated heterocycles. The van der Waals surface area contributed by atoms with Gasteiger partial charge in [-0.15, -0.1) is 0 Å². The molecule has 0 fully saturated rings. The van der Waals surface area contributed by atoms with Crippen molar-refractivity contribution in [1.82, 2.24) is 9.55 Å². The van der Waals surface area contributed by atoms with Crippen molar-refractivity contribution in [2.45, 2.75) is 18.4 Å². The molecule has 0 aliphatic heterocycles. The zero-order valence-electron chi connectivity index (χ0n) is 15.6. The van der Waals surface area contributed by atoms with Crippen molar-refractivity contribution in [3.63, 3.8) is 0 Å². The largest absolute Gasteiger partial charge is 0.381 e. The first kappa shape index (κ1) is 19.2. The highest BCUT2D eigenvalue weighted by Gasteiger charge is 2.36. The van der Waals surface area contributed by atoms with Gasteiger partial charge >= 0.3 is 5.82 Å². The summed E-state index contributed by atoms with van der Waals surface area (Å²) in [6.45, 7) is 0. The summed E-state index contributed by atoms with van der Waals surface area (Å²) in [5.74, 6) is -1.06. The number of carbonyl (C=O) groups is 1. The highest BCUT2D eigenvalue weighted by Crippen LogP contribution is 2.43. The van der Waals surface area contributed by atoms with Crippen molar-refractivity contribution < 1.29 is 14.6 Å². The molecule has 0 bridgehead atoms. The third kappa shape index (κ3) is 3.60. The molecule has 1 heterocycles. The Morgan fingerprint density at radius 2 is 1.77 bits per heavy atom. The summed E-state index contributed by atoms with van der Waals surface area (Å²) in [5.41, 5.74) is 2.23. The van der Waals surface area contributed by atoms with E-state index in [1.54, 1.807) is 18.2 Å². The number of hydrogen-bond acceptors (Lipinski definition) is 6. The van der Waals surface area contributed by atoms with Crippen LogP contribution in [-0.2, 0) is 4.79 Å². The maximum atomic E-state index is 13.1. The molecule has 4 rings (SSSR count). The van der Waals surface area contributed by atoms with E-state index in [1.807, 2.05) is 30.3 Å². The zero-order valence-corrected chi connectivity index (χ0v) is 15.6. The fourth-order valence-electron chi connectivity index (χ4n) is 3.81. The van der Waals surface area contributed by atoms with Gasteiger partial charge in [-0.1, -0.05) is 42.5 Å². The van der Waals surface area contributed by atoms with Gasteiger partial charge in [0.2, 0.25) is 6.33 Å². The Morgan fingerprint density at radius 3 is 2.43 bits per heavy atom. The van der Waals surface area contributed by atoms with E-state index >= 15 is 0 Å². The average molecular weight is 404 g/mol. The molecule has 0 saturated carbocycles. The van der Waals surface area contributed by atoms with E-state index in [0.29, 0.717) is 12.0 Å². The lowest BCUT2D eigenvalue weighted by Gasteiger charge is -2.31. The lowest BCUT2D eigenvalue weighted by molar-refractivity contribution is -0.389. The number of ketones is 1. The van der Waals surface area contributed by atoms with Crippen LogP contribution in [0.5, 0.6) is 0 Å². The third-order valence-electron chi connectivity index (χ3n) is 5.18. The molecule has 2 atom stereocenters. The first-order valence-corrected chi connectivity index (χ1v) is 9.16. The van der Waals surface area contributed by atoms with Gasteiger partial charge in [0.25, 0.3) is 5.69 Å². The standard InChI is InChI=1S/C21H16N4O5/c26-19-11-16(14-5-2-1-3-6-14)10-18(15-7-4-8-17(9-15)24(27)28)21(19)23-12-20(22-13-23)25(29)30/h1-9,11-13,18,21H,10H2. The van der Waals surface area contributed by atoms with Crippen molar-refractivity contribution in [2.75, 3.05) is 0 Å². The molecule has 150 valence electrons. The van der Waals surface area contributed by atoms with Crippen LogP contribution >= 0.6 is 0 Å². The van der Waals surface area contributed by atoms with E-state index in [9.17, 15) is 25.0 Å². The van der Waals surface area contributed by atoms with Gasteiger partial charge < -0.3 is 10.1 Å². The highest BCUT2D eigenvalue weighted by atomic mass is 16.6. The molecule has 1 aliphatic carbocycles. The molecule has 9 heteroatoms. The van der Waals surface area contributed by atoms with E-state index in [2.05, 4.69) is 4.98 Å². The number of rotatable bonds is 5. The van der Waals surface area contributed by atoms with Crippen LogP contribution in [0.2, 0.25) is 0 Å². The molecule has 2 unspecified atom stereocenters. The number of nitro groups is 2. The number of imidazole rings is 1. The second-order valence-electron chi connectivity index (χ2n) is 6.98. The predicted octanol–water partition coefficient (Wildman–Crippen LogP) is 4.08. The quantitative estimate of drug-likeness (QED) is 0.466. The van der Waals surface area contributed by atoms with Crippen molar-refractivity contribution in [1.29, 1.82) is 0 Å². The van der Waals surface area contributed by atoms with Gasteiger partial charge in [0.1, 0.15) is 12.2 Å². The molecule has 0 amide bonds. The minimum absolute atomic E-state index is 0.0777. The van der Waals surface area contributed by atoms with E-state index in [0.717, 1.165) is 11.1 Å². The molecule has 9 nitrogen and oxygen atoms in total. The summed E-state index contributed by atoms with van der Waals surface area (Å²) in [6.07, 6.45) is 4.45. The Bertz CT molecular complexity index is 1170. The van der Waals surface area contributed by atoms with Crippen molar-refractivity contribution in [2.24, 2.45) is 0 Å². The molecule has 0 N–H and O–H groups in total. The SMILES string of the molecule is O=C1C=C(c2ccccc2)CC(c2cccc([N+](=O)[O-])c2)C1n1cnc([N+](=O)[O-])c1. The Labute approximate surface area is 170 Å². The minimum Gasteiger partial charge on any atom is -0.358 e. The van der Waals surface area contributed by atoms with Crippen LogP contribution < -0.4 is 0 Å². The van der Waals surface area contributed by atoms with Crippen molar-refractivity contribution in [3.8, 4) is 0 Å². The van der Waals surface area contributed by atoms with Crippen LogP contribution in [0, 0.1) is 20.2 Å². The van der Waals surface area contributed by atoms with Crippen molar-refractivity contribution >= 4 is 22.9 Å². The number of carbonyl (C=O) groups excluding carboxylic acids is 1. The highest BCUT2D eigenvalue weighted by molar-refractivity contribution is 6.02. The summed E-state index contributed by atoms with van der Waals surface area (Å²) in [5, 5.41) is 22.3. The van der Waals surface area contributed by atoms with Crippen LogP contribution in [0.4, 0.5) is 11.5 Å². The summed E-state index contributed by atoms with van der Waals surface area (Å²) in [4.78, 5) is 38.1. The second-order valence-corrected chi connectivity index (χ2v) is 6.98. The Hall–Kier alpha value is -4.14. The second kappa shape index (κ2) is 7.70. The molecule has 3 aromatic rings. The normalized spacial score (nSPS) is 18.7. The predicted molar refractivity (Wildman–Crippen MR) is 108 cm³/mol. The fraction of sp³-hybridized carbons (Fsp3) is 0.143. The first-order chi connectivity index (χ1) is 14.4. The maximum absolute atomic E-state index is 13.1. The molecule has 2 aromatic carbocycles. The maximum Gasteiger partial charge on any atom is 0.381 e. The number of nitro benzene ring substituents is 1. The van der Waals surface area contributed by atoms with Crippen LogP contribution in [0.1, 0.15) is 29.5 Å². The van der Waals surface area contributed by atoms with Gasteiger partial charge in [0.15, 0.2) is 5.78 Å². The fourth-order valence-corrected chi connectivity index (χ4v) is 3.81. The Morgan fingerprint density at radius 1 is 1.00 bits per heavy atom. The monoisotopic (exact) mass is 404 g/mol. The van der Waals surface area contributed by atoms with Gasteiger partial charge in [0.05, 0.1) is 4.92 Å². The summed E-state index contributed by atoms with van der Waals surface area (Å²) >= 11 is 0. The van der Waals surface area contributed by atoms with Gasteiger partial charge in [-0.05, 0) is 39.1 Å². The topological polar surface area (TPSA) is 121 Å². The summed E-state index contributed by atoms with van der Waals surface area (Å²) in [7, 11) is 0. The molecular weight excluding hydrogens is 388 g/mol. The van der Waals surface area contributed by atoms with E-state index in [1.165, 1.54) is 29.2 Å². The molecular formula is C21H16N4O5. The minimum atomic E-state index is -0.791. The lowest BCUT2D eigenvalue weighted by Crippen LogP contribution is -2.28. The molecule has 30 heavy (non-hydrogen) atoms. The van der Waals surface area contributed by atoms with Crippen LogP contribution in [-0.4, -0.2) is 25.2 Å². The summed E-state index contributed by atoms with van der Waals surface area (Å²) in [6, 6.07) is 14.8. The first-order valence-electron chi connectivity index (χ1n) is 9.16. The third-order valence-corrected chi connectivity index (χ3v) is 5.18. The lowest BCUT2D eigenvalue weighted by atomic mass is 9.77. The van der Waals surface area contributed by atoms with Crippen molar-refractivity contribution in [3.05, 3.63) is 105 Å². The zero-order chi connectivity index (χ0) is 21.3. The average Bonchev–Trinajstić information content (AvgIpc) is 3.24. The molecule has 0 radical (unpaired) electrons. The summed E-state index contributed by atoms with van der Waals surface area (Å²) < 4.78 is 1.42. The number of hydrogen-bond donors (Lipinski definition) is 0. The van der Waals surface area contributed by atoms with Crippen LogP contribution in [0.15, 0.2) is 73.2 Å². The Kier molecular flexibility index (Phi) is 4.93. The number of allylic oxidation sites excluding steroid dienone is 2. The van der Waals surface area contributed by atoms with E-state index in [-0.39, 0.29) is 17.3 Å². The van der Waals surface area contributed by atoms with Crippen LogP contribution in [0.3, 0.4) is 0 Å². The van der Waals surface area contributed by atoms with Gasteiger partial charge in [-0.2, -0.15) is 0 Å². The number of benzene rings is 2. The van der Waals surface area contributed by atoms with Gasteiger partial charge in [-0.25, -0.2) is 0 Å². The number of nitrogens with zero attached hydrogens (tertiary/aromatic N) is 4.